The van der Waals surface area contributed by atoms with Gasteiger partial charge in [0.1, 0.15) is 6.10 Å². The Morgan fingerprint density at radius 2 is 1.38 bits per heavy atom. The van der Waals surface area contributed by atoms with Gasteiger partial charge in [0, 0.05) is 49.7 Å². The first-order valence-corrected chi connectivity index (χ1v) is 12.2. The normalized spacial score (nSPS) is 24.9. The number of carbonyl (C=O) groups excluding carboxylic acids is 2. The molecule has 0 amide bonds. The van der Waals surface area contributed by atoms with E-state index in [1.54, 1.807) is 24.3 Å². The van der Waals surface area contributed by atoms with E-state index in [1.165, 1.54) is 43.3 Å². The van der Waals surface area contributed by atoms with Crippen LogP contribution in [0.15, 0.2) is 60.7 Å². The molecule has 1 spiro atoms. The summed E-state index contributed by atoms with van der Waals surface area (Å²) in [6.45, 7) is 2.21. The SMILES string of the molecule is NCC(=O)OC(C(=O)OC1CC2CCC(C1)[N+]21CCCC1)(c1ccccc1)c1ccccc1.[Cl-]. The molecule has 0 radical (unpaired) electrons. The molecule has 2 bridgehead atoms. The summed E-state index contributed by atoms with van der Waals surface area (Å²) in [5.74, 6) is -1.19. The lowest BCUT2D eigenvalue weighted by molar-refractivity contribution is -0.956. The molecule has 3 heterocycles. The number of hydrogen-bond donors (Lipinski definition) is 1. The molecule has 3 fully saturated rings. The van der Waals surface area contributed by atoms with E-state index in [0.717, 1.165) is 12.8 Å². The Morgan fingerprint density at radius 1 is 0.882 bits per heavy atom. The fraction of sp³-hybridized carbons (Fsp3) is 0.481. The minimum Gasteiger partial charge on any atom is -1.00 e. The van der Waals surface area contributed by atoms with E-state index >= 15 is 0 Å². The van der Waals surface area contributed by atoms with E-state index < -0.39 is 17.5 Å². The number of nitrogens with two attached hydrogens (primary N) is 1. The molecule has 2 aromatic rings. The van der Waals surface area contributed by atoms with Gasteiger partial charge in [0.25, 0.3) is 5.60 Å². The minimum absolute atomic E-state index is 0. The molecule has 6 nitrogen and oxygen atoms in total. The van der Waals surface area contributed by atoms with Crippen molar-refractivity contribution in [1.82, 2.24) is 0 Å². The predicted octanol–water partition coefficient (Wildman–Crippen LogP) is 0.283. The van der Waals surface area contributed by atoms with E-state index in [1.807, 2.05) is 36.4 Å². The van der Waals surface area contributed by atoms with Crippen molar-refractivity contribution in [2.75, 3.05) is 19.6 Å². The Balaban J connectivity index is 0.00000274. The van der Waals surface area contributed by atoms with Crippen molar-refractivity contribution in [3.63, 3.8) is 0 Å². The molecular weight excluding hydrogens is 452 g/mol. The lowest BCUT2D eigenvalue weighted by Gasteiger charge is -2.47. The standard InChI is InChI=1S/C27H33N2O4.ClH/c28-19-25(30)33-27(20-9-3-1-4-10-20,21-11-5-2-6-12-21)26(31)32-24-17-22-13-14-23(18-24)29(22)15-7-8-16-29;/h1-6,9-12,22-24H,7-8,13-19,28H2;1H/q+1;/p-1. The van der Waals surface area contributed by atoms with Crippen LogP contribution < -0.4 is 18.1 Å². The van der Waals surface area contributed by atoms with Crippen LogP contribution in [-0.4, -0.2) is 54.2 Å². The van der Waals surface area contributed by atoms with Crippen molar-refractivity contribution < 1.29 is 36.0 Å². The average Bonchev–Trinajstić information content (AvgIpc) is 3.40. The van der Waals surface area contributed by atoms with Gasteiger partial charge in [-0.05, 0) is 0 Å². The second kappa shape index (κ2) is 10.1. The zero-order chi connectivity index (χ0) is 22.9. The number of benzene rings is 2. The summed E-state index contributed by atoms with van der Waals surface area (Å²) in [4.78, 5) is 26.5. The van der Waals surface area contributed by atoms with Crippen LogP contribution in [0.25, 0.3) is 0 Å². The number of piperidine rings is 1. The fourth-order valence-electron chi connectivity index (χ4n) is 6.66. The molecule has 7 heteroatoms. The molecule has 0 aliphatic carbocycles. The molecular formula is C27H33ClN2O4. The number of halogens is 1. The van der Waals surface area contributed by atoms with E-state index in [4.69, 9.17) is 15.2 Å². The molecule has 182 valence electrons. The van der Waals surface area contributed by atoms with Crippen LogP contribution in [0.1, 0.15) is 49.7 Å². The van der Waals surface area contributed by atoms with Crippen LogP contribution in [0.4, 0.5) is 0 Å². The van der Waals surface area contributed by atoms with Crippen molar-refractivity contribution in [2.45, 2.75) is 62.3 Å². The van der Waals surface area contributed by atoms with Gasteiger partial charge < -0.3 is 32.1 Å². The number of esters is 2. The summed E-state index contributed by atoms with van der Waals surface area (Å²) >= 11 is 0. The summed E-state index contributed by atoms with van der Waals surface area (Å²) in [5, 5.41) is 0. The van der Waals surface area contributed by atoms with E-state index in [9.17, 15) is 9.59 Å². The Bertz CT molecular complexity index is 939. The van der Waals surface area contributed by atoms with Gasteiger partial charge in [-0.1, -0.05) is 60.7 Å². The number of nitrogens with zero attached hydrogens (tertiary/aromatic N) is 1. The van der Waals surface area contributed by atoms with Gasteiger partial charge >= 0.3 is 11.9 Å². The van der Waals surface area contributed by atoms with Gasteiger partial charge in [-0.25, -0.2) is 4.79 Å². The maximum Gasteiger partial charge on any atom is 0.360 e. The van der Waals surface area contributed by atoms with Gasteiger partial charge in [-0.2, -0.15) is 0 Å². The molecule has 2 unspecified atom stereocenters. The molecule has 5 rings (SSSR count). The molecule has 0 aromatic heterocycles. The molecule has 2 atom stereocenters. The van der Waals surface area contributed by atoms with Crippen LogP contribution in [0, 0.1) is 0 Å². The van der Waals surface area contributed by atoms with E-state index in [0.29, 0.717) is 23.2 Å². The molecule has 0 saturated carbocycles. The van der Waals surface area contributed by atoms with Gasteiger partial charge in [0.2, 0.25) is 0 Å². The van der Waals surface area contributed by atoms with Crippen molar-refractivity contribution >= 4 is 11.9 Å². The molecule has 3 saturated heterocycles. The van der Waals surface area contributed by atoms with Crippen molar-refractivity contribution in [2.24, 2.45) is 5.73 Å². The Kier molecular flexibility index (Phi) is 7.31. The second-order valence-electron chi connectivity index (χ2n) is 9.73. The first-order valence-electron chi connectivity index (χ1n) is 12.2. The monoisotopic (exact) mass is 484 g/mol. The predicted molar refractivity (Wildman–Crippen MR) is 124 cm³/mol. The fourth-order valence-corrected chi connectivity index (χ4v) is 6.66. The highest BCUT2D eigenvalue weighted by molar-refractivity contribution is 5.89. The van der Waals surface area contributed by atoms with E-state index in [2.05, 4.69) is 0 Å². The van der Waals surface area contributed by atoms with Crippen LogP contribution in [0.5, 0.6) is 0 Å². The topological polar surface area (TPSA) is 78.6 Å². The summed E-state index contributed by atoms with van der Waals surface area (Å²) < 4.78 is 13.3. The molecule has 3 aliphatic heterocycles. The summed E-state index contributed by atoms with van der Waals surface area (Å²) in [5.41, 5.74) is 5.04. The summed E-state index contributed by atoms with van der Waals surface area (Å²) in [6.07, 6.45) is 6.63. The number of hydrogen-bond acceptors (Lipinski definition) is 5. The number of rotatable bonds is 6. The molecule has 2 N–H and O–H groups in total. The van der Waals surface area contributed by atoms with Crippen LogP contribution in [-0.2, 0) is 24.7 Å². The molecule has 2 aromatic carbocycles. The Labute approximate surface area is 207 Å². The third-order valence-corrected chi connectivity index (χ3v) is 8.11. The van der Waals surface area contributed by atoms with Gasteiger partial charge in [-0.15, -0.1) is 0 Å². The Hall–Kier alpha value is -2.41. The Morgan fingerprint density at radius 3 is 1.85 bits per heavy atom. The van der Waals surface area contributed by atoms with E-state index in [-0.39, 0.29) is 25.1 Å². The highest BCUT2D eigenvalue weighted by Gasteiger charge is 2.57. The zero-order valence-electron chi connectivity index (χ0n) is 19.4. The summed E-state index contributed by atoms with van der Waals surface area (Å²) in [7, 11) is 0. The number of quaternary nitrogens is 1. The van der Waals surface area contributed by atoms with Gasteiger partial charge in [-0.3, -0.25) is 4.79 Å². The lowest BCUT2D eigenvalue weighted by Crippen LogP contribution is -3.00. The molecule has 3 aliphatic rings. The number of ether oxygens (including phenoxy) is 2. The minimum atomic E-state index is -1.69. The maximum atomic E-state index is 14.0. The smallest absolute Gasteiger partial charge is 0.360 e. The van der Waals surface area contributed by atoms with Crippen LogP contribution >= 0.6 is 0 Å². The van der Waals surface area contributed by atoms with Gasteiger partial charge in [0.05, 0.1) is 31.7 Å². The van der Waals surface area contributed by atoms with Crippen molar-refractivity contribution in [1.29, 1.82) is 0 Å². The third-order valence-electron chi connectivity index (χ3n) is 8.11. The highest BCUT2D eigenvalue weighted by Crippen LogP contribution is 2.47. The number of carbonyl (C=O) groups is 2. The third kappa shape index (κ3) is 4.12. The first kappa shape index (κ1) is 24.7. The second-order valence-corrected chi connectivity index (χ2v) is 9.73. The maximum absolute atomic E-state index is 14.0. The van der Waals surface area contributed by atoms with Crippen molar-refractivity contribution in [3.8, 4) is 0 Å². The quantitative estimate of drug-likeness (QED) is 0.471. The lowest BCUT2D eigenvalue weighted by atomic mass is 9.85. The largest absolute Gasteiger partial charge is 1.00 e. The van der Waals surface area contributed by atoms with Crippen LogP contribution in [0.2, 0.25) is 0 Å². The van der Waals surface area contributed by atoms with Gasteiger partial charge in [0.15, 0.2) is 0 Å². The first-order chi connectivity index (χ1) is 16.1. The van der Waals surface area contributed by atoms with Crippen molar-refractivity contribution in [3.05, 3.63) is 71.8 Å². The average molecular weight is 485 g/mol. The van der Waals surface area contributed by atoms with Crippen LogP contribution in [0.3, 0.4) is 0 Å². The molecule has 34 heavy (non-hydrogen) atoms. The zero-order valence-corrected chi connectivity index (χ0v) is 20.2. The highest BCUT2D eigenvalue weighted by atomic mass is 35.5. The summed E-state index contributed by atoms with van der Waals surface area (Å²) in [6, 6.07) is 19.4.